The van der Waals surface area contributed by atoms with E-state index in [1.165, 1.54) is 39.6 Å². The van der Waals surface area contributed by atoms with E-state index >= 15 is 0 Å². The first-order chi connectivity index (χ1) is 26.0. The third kappa shape index (κ3) is 12.9. The van der Waals surface area contributed by atoms with Gasteiger partial charge in [0.15, 0.2) is 12.4 Å². The number of benzene rings is 3. The highest BCUT2D eigenvalue weighted by Crippen LogP contribution is 2.39. The Morgan fingerprint density at radius 1 is 0.685 bits per heavy atom. The predicted molar refractivity (Wildman–Crippen MR) is 197 cm³/mol. The number of carbonyl (C=O) groups is 3. The van der Waals surface area contributed by atoms with Gasteiger partial charge in [-0.2, -0.15) is 0 Å². The number of ether oxygens (including phenoxy) is 8. The van der Waals surface area contributed by atoms with Crippen LogP contribution in [0.1, 0.15) is 38.8 Å². The van der Waals surface area contributed by atoms with Gasteiger partial charge in [-0.25, -0.2) is 0 Å². The Kier molecular flexibility index (Phi) is 17.4. The highest BCUT2D eigenvalue weighted by molar-refractivity contribution is 7.99. The van der Waals surface area contributed by atoms with Crippen LogP contribution < -0.4 is 0 Å². The average Bonchev–Trinajstić information content (AvgIpc) is 3.16. The van der Waals surface area contributed by atoms with E-state index in [0.717, 1.165) is 16.0 Å². The van der Waals surface area contributed by atoms with Crippen LogP contribution in [0.2, 0.25) is 0 Å². The van der Waals surface area contributed by atoms with Crippen LogP contribution in [0.4, 0.5) is 0 Å². The van der Waals surface area contributed by atoms with Crippen molar-refractivity contribution in [1.82, 2.24) is 0 Å². The highest BCUT2D eigenvalue weighted by Gasteiger charge is 2.49. The molecule has 2 heterocycles. The van der Waals surface area contributed by atoms with Gasteiger partial charge in [0.1, 0.15) is 48.7 Å². The first-order valence-corrected chi connectivity index (χ1v) is 18.5. The zero-order valence-electron chi connectivity index (χ0n) is 31.1. The Bertz CT molecular complexity index is 1560. The molecule has 3 aromatic carbocycles. The van der Waals surface area contributed by atoms with Gasteiger partial charge in [0, 0.05) is 38.7 Å². The van der Waals surface area contributed by atoms with Crippen LogP contribution in [0, 0.1) is 5.92 Å². The number of thioether (sulfide) groups is 1. The van der Waals surface area contributed by atoms with Crippen molar-refractivity contribution >= 4 is 29.7 Å². The molecule has 5 rings (SSSR count). The molecule has 13 nitrogen and oxygen atoms in total. The number of aliphatic hydroxyl groups excluding tert-OH is 2. The molecule has 4 unspecified atom stereocenters. The molecule has 0 spiro atoms. The molecule has 2 saturated heterocycles. The lowest BCUT2D eigenvalue weighted by atomic mass is 9.93. The quantitative estimate of drug-likeness (QED) is 0.175. The fraction of sp³-hybridized carbons (Fsp3) is 0.475. The van der Waals surface area contributed by atoms with Crippen molar-refractivity contribution in [3.8, 4) is 0 Å². The number of carbonyl (C=O) groups excluding carboxylic acids is 3. The lowest BCUT2D eigenvalue weighted by Gasteiger charge is -2.43. The maximum Gasteiger partial charge on any atom is 0.303 e. The lowest BCUT2D eigenvalue weighted by Crippen LogP contribution is -2.60. The van der Waals surface area contributed by atoms with Crippen LogP contribution in [0.3, 0.4) is 0 Å². The summed E-state index contributed by atoms with van der Waals surface area (Å²) in [5.74, 6) is -1.76. The molecule has 2 N–H and O–H groups in total. The topological polar surface area (TPSA) is 166 Å². The molecule has 2 fully saturated rings. The van der Waals surface area contributed by atoms with Crippen molar-refractivity contribution in [3.63, 3.8) is 0 Å². The first-order valence-electron chi connectivity index (χ1n) is 17.6. The fourth-order valence-corrected chi connectivity index (χ4v) is 7.12. The van der Waals surface area contributed by atoms with Gasteiger partial charge in [-0.05, 0) is 23.3 Å². The monoisotopic (exact) mass is 770 g/mol. The van der Waals surface area contributed by atoms with Crippen LogP contribution in [0.25, 0.3) is 0 Å². The van der Waals surface area contributed by atoms with Gasteiger partial charge < -0.3 is 48.1 Å². The predicted octanol–water partition coefficient (Wildman–Crippen LogP) is 4.45. The van der Waals surface area contributed by atoms with Gasteiger partial charge in [0.05, 0.1) is 19.8 Å². The second-order valence-corrected chi connectivity index (χ2v) is 13.9. The Balaban J connectivity index is 0.000000241. The number of aliphatic hydroxyl groups is 2. The summed E-state index contributed by atoms with van der Waals surface area (Å²) < 4.78 is 45.1. The van der Waals surface area contributed by atoms with Gasteiger partial charge in [-0.15, -0.1) is 0 Å². The summed E-state index contributed by atoms with van der Waals surface area (Å²) in [5.41, 5.74) is 1.59. The van der Waals surface area contributed by atoms with E-state index in [1.807, 2.05) is 97.9 Å². The molecule has 14 heteroatoms. The molecule has 2 aliphatic heterocycles. The standard InChI is InChI=1S/C21H26O6.C19H24O7S/c1-24-21-20(26-14-16-10-6-3-7-11-16)19(18(23)17(12-22)27-21)25-13-15-8-4-2-5-9-15;1-11-17(24-13(3)21)18(25-14(4)22)16(10-23-12(2)20)26-19(11)27-15-8-6-5-7-9-15/h2-11,17-23H,12-14H2,1H3;5-9,11,16-19H,10H2,1-4H3/t17?,18-,19+,20?,21-;11?,16?,17-,18-,19+/m01/s1. The Morgan fingerprint density at radius 2 is 1.20 bits per heavy atom. The Hall–Kier alpha value is -3.86. The highest BCUT2D eigenvalue weighted by atomic mass is 32.2. The summed E-state index contributed by atoms with van der Waals surface area (Å²) in [6.07, 6.45) is -6.27. The van der Waals surface area contributed by atoms with E-state index < -0.39 is 66.9 Å². The molecule has 0 aromatic heterocycles. The van der Waals surface area contributed by atoms with Crippen molar-refractivity contribution in [2.75, 3.05) is 20.3 Å². The van der Waals surface area contributed by atoms with E-state index in [-0.39, 0.29) is 24.6 Å². The van der Waals surface area contributed by atoms with Crippen LogP contribution in [0.15, 0.2) is 95.9 Å². The average molecular weight is 771 g/mol. The molecule has 0 radical (unpaired) electrons. The van der Waals surface area contributed by atoms with Crippen LogP contribution in [0.5, 0.6) is 0 Å². The number of hydrogen-bond donors (Lipinski definition) is 2. The van der Waals surface area contributed by atoms with E-state index in [0.29, 0.717) is 13.2 Å². The van der Waals surface area contributed by atoms with E-state index in [2.05, 4.69) is 0 Å². The van der Waals surface area contributed by atoms with E-state index in [9.17, 15) is 24.6 Å². The third-order valence-electron chi connectivity index (χ3n) is 8.60. The lowest BCUT2D eigenvalue weighted by molar-refractivity contribution is -0.314. The molecule has 0 aliphatic carbocycles. The van der Waals surface area contributed by atoms with Crippen LogP contribution in [-0.4, -0.2) is 103 Å². The molecule has 0 amide bonds. The summed E-state index contributed by atoms with van der Waals surface area (Å²) >= 11 is 1.47. The summed E-state index contributed by atoms with van der Waals surface area (Å²) in [6, 6.07) is 29.0. The van der Waals surface area contributed by atoms with Crippen molar-refractivity contribution in [1.29, 1.82) is 0 Å². The van der Waals surface area contributed by atoms with Gasteiger partial charge in [0.25, 0.3) is 0 Å². The molecule has 294 valence electrons. The zero-order valence-corrected chi connectivity index (χ0v) is 31.9. The summed E-state index contributed by atoms with van der Waals surface area (Å²) in [4.78, 5) is 35.4. The van der Waals surface area contributed by atoms with E-state index in [1.54, 1.807) is 0 Å². The number of methoxy groups -OCH3 is 1. The van der Waals surface area contributed by atoms with Crippen LogP contribution >= 0.6 is 11.8 Å². The number of rotatable bonds is 14. The van der Waals surface area contributed by atoms with Crippen LogP contribution in [-0.2, 0) is 65.5 Å². The Morgan fingerprint density at radius 3 is 1.70 bits per heavy atom. The summed E-state index contributed by atoms with van der Waals surface area (Å²) in [6.45, 7) is 5.91. The largest absolute Gasteiger partial charge is 0.463 e. The third-order valence-corrected chi connectivity index (χ3v) is 9.92. The normalized spacial score (nSPS) is 27.8. The van der Waals surface area contributed by atoms with Gasteiger partial charge in [-0.3, -0.25) is 14.4 Å². The maximum atomic E-state index is 11.6. The molecule has 54 heavy (non-hydrogen) atoms. The second-order valence-electron chi connectivity index (χ2n) is 12.8. The fourth-order valence-electron chi connectivity index (χ4n) is 5.97. The smallest absolute Gasteiger partial charge is 0.303 e. The summed E-state index contributed by atoms with van der Waals surface area (Å²) in [5, 5.41) is 20.2. The minimum absolute atomic E-state index is 0.108. The molecule has 0 bridgehead atoms. The van der Waals surface area contributed by atoms with Crippen molar-refractivity contribution in [3.05, 3.63) is 102 Å². The Labute approximate surface area is 320 Å². The number of esters is 3. The minimum atomic E-state index is -1.04. The van der Waals surface area contributed by atoms with Crippen molar-refractivity contribution in [2.45, 2.75) is 100 Å². The number of hydrogen-bond acceptors (Lipinski definition) is 14. The van der Waals surface area contributed by atoms with Gasteiger partial charge in [0.2, 0.25) is 0 Å². The zero-order chi connectivity index (χ0) is 39.0. The maximum absolute atomic E-state index is 11.6. The van der Waals surface area contributed by atoms with Crippen molar-refractivity contribution < 1.29 is 62.5 Å². The molecular formula is C40H50O13S. The molecular weight excluding hydrogens is 720 g/mol. The molecule has 10 atom stereocenters. The van der Waals surface area contributed by atoms with Gasteiger partial charge in [-0.1, -0.05) is 97.5 Å². The summed E-state index contributed by atoms with van der Waals surface area (Å²) in [7, 11) is 1.50. The molecule has 2 aliphatic rings. The molecule has 3 aromatic rings. The van der Waals surface area contributed by atoms with E-state index in [4.69, 9.17) is 37.9 Å². The minimum Gasteiger partial charge on any atom is -0.463 e. The van der Waals surface area contributed by atoms with Crippen molar-refractivity contribution in [2.24, 2.45) is 5.92 Å². The second kappa shape index (κ2) is 21.9. The SMILES string of the molecule is CC(=O)OCC1O[C@@H](Sc2ccccc2)C(C)[C@@H](OC(C)=O)[C@@H]1OC(C)=O.CO[C@H]1OC(CO)[C@H](O)[C@@H](OCc2ccccc2)C1OCc1ccccc1. The van der Waals surface area contributed by atoms with Gasteiger partial charge >= 0.3 is 17.9 Å². The first kappa shape index (κ1) is 42.9. The molecule has 0 saturated carbocycles.